The largest absolute Gasteiger partial charge is 0.478 e. The highest BCUT2D eigenvalue weighted by molar-refractivity contribution is 5.84. The first-order chi connectivity index (χ1) is 19.1. The van der Waals surface area contributed by atoms with Gasteiger partial charge in [0.2, 0.25) is 0 Å². The molecule has 0 aliphatic heterocycles. The Balaban J connectivity index is 1.40. The summed E-state index contributed by atoms with van der Waals surface area (Å²) in [7, 11) is 0. The highest BCUT2D eigenvalue weighted by atomic mass is 19.4. The molecule has 0 N–H and O–H groups in total. The van der Waals surface area contributed by atoms with Crippen molar-refractivity contribution in [3.63, 3.8) is 0 Å². The topological polar surface area (TPSA) is 35.0 Å². The molecule has 0 saturated heterocycles. The van der Waals surface area contributed by atoms with Crippen LogP contribution in [0.3, 0.4) is 0 Å². The van der Waals surface area contributed by atoms with Crippen LogP contribution in [0.4, 0.5) is 26.3 Å². The minimum absolute atomic E-state index is 0.0850. The Bertz CT molecular complexity index is 1480. The molecule has 0 spiro atoms. The highest BCUT2D eigenvalue weighted by Crippen LogP contribution is 2.28. The standard InChI is InChI=1S/C31H28F6N2O/c1-2-3-4-5-24-14-15-38-28(39-24)13-8-20-7-12-25-23(16-20)11-10-22(29(25)34)9-6-21-17-26(32)30(27(33)18-21)40-19-31(35,36)37/h2-3,7,10-12,14-18H,4-6,8-9,13,19H2,1H3/b3-2+. The van der Waals surface area contributed by atoms with Crippen molar-refractivity contribution in [2.75, 3.05) is 6.61 Å². The van der Waals surface area contributed by atoms with Crippen LogP contribution >= 0.6 is 0 Å². The molecule has 0 atom stereocenters. The highest BCUT2D eigenvalue weighted by Gasteiger charge is 2.30. The number of nitrogens with zero attached hydrogens (tertiary/aromatic N) is 2. The molecule has 0 radical (unpaired) electrons. The molecular weight excluding hydrogens is 530 g/mol. The smallest absolute Gasteiger partial charge is 0.422 e. The maximum absolute atomic E-state index is 15.3. The van der Waals surface area contributed by atoms with Crippen LogP contribution in [0, 0.1) is 17.5 Å². The SMILES string of the molecule is C/C=C/CCc1ccnc(CCc2ccc3c(F)c(CCc4cc(F)c(OCC(F)(F)F)c(F)c4)ccc3c2)n1. The van der Waals surface area contributed by atoms with Crippen molar-refractivity contribution in [1.82, 2.24) is 9.97 Å². The average molecular weight is 559 g/mol. The second-order valence-electron chi connectivity index (χ2n) is 9.46. The van der Waals surface area contributed by atoms with E-state index in [0.29, 0.717) is 23.8 Å². The average Bonchev–Trinajstić information content (AvgIpc) is 2.91. The van der Waals surface area contributed by atoms with Crippen molar-refractivity contribution in [3.8, 4) is 5.75 Å². The fraction of sp³-hybridized carbons (Fsp3) is 0.290. The molecule has 4 aromatic rings. The first-order valence-electron chi connectivity index (χ1n) is 12.9. The third kappa shape index (κ3) is 7.83. The van der Waals surface area contributed by atoms with Gasteiger partial charge < -0.3 is 4.74 Å². The second kappa shape index (κ2) is 13.0. The van der Waals surface area contributed by atoms with Gasteiger partial charge in [-0.25, -0.2) is 23.1 Å². The molecule has 0 fully saturated rings. The number of aryl methyl sites for hydroxylation is 5. The summed E-state index contributed by atoms with van der Waals surface area (Å²) in [6.45, 7) is 0.181. The zero-order chi connectivity index (χ0) is 28.7. The van der Waals surface area contributed by atoms with Gasteiger partial charge in [0.25, 0.3) is 0 Å². The van der Waals surface area contributed by atoms with Crippen molar-refractivity contribution >= 4 is 10.8 Å². The van der Waals surface area contributed by atoms with Gasteiger partial charge in [-0.1, -0.05) is 42.5 Å². The minimum atomic E-state index is -4.72. The minimum Gasteiger partial charge on any atom is -0.478 e. The van der Waals surface area contributed by atoms with E-state index in [9.17, 15) is 22.0 Å². The van der Waals surface area contributed by atoms with Gasteiger partial charge in [-0.2, -0.15) is 13.2 Å². The lowest BCUT2D eigenvalue weighted by atomic mass is 9.98. The Kier molecular flexibility index (Phi) is 9.45. The number of hydrogen-bond acceptors (Lipinski definition) is 3. The maximum atomic E-state index is 15.3. The Morgan fingerprint density at radius 1 is 0.825 bits per heavy atom. The first-order valence-corrected chi connectivity index (χ1v) is 12.9. The molecule has 0 amide bonds. The normalized spacial score (nSPS) is 12.0. The zero-order valence-corrected chi connectivity index (χ0v) is 21.9. The maximum Gasteiger partial charge on any atom is 0.422 e. The number of aromatic nitrogens is 2. The summed E-state index contributed by atoms with van der Waals surface area (Å²) in [6, 6.07) is 12.6. The van der Waals surface area contributed by atoms with E-state index in [1.54, 1.807) is 24.4 Å². The molecule has 0 saturated carbocycles. The van der Waals surface area contributed by atoms with E-state index in [2.05, 4.69) is 20.8 Å². The van der Waals surface area contributed by atoms with Gasteiger partial charge in [0.15, 0.2) is 24.0 Å². The molecular formula is C31H28F6N2O. The summed E-state index contributed by atoms with van der Waals surface area (Å²) in [5, 5.41) is 1.15. The molecule has 0 bridgehead atoms. The summed E-state index contributed by atoms with van der Waals surface area (Å²) in [4.78, 5) is 8.99. The Morgan fingerprint density at radius 3 is 2.30 bits per heavy atom. The molecule has 0 unspecified atom stereocenters. The van der Waals surface area contributed by atoms with Crippen molar-refractivity contribution in [3.05, 3.63) is 113 Å². The molecule has 0 aliphatic rings. The number of fused-ring (bicyclic) bond motifs is 1. The van der Waals surface area contributed by atoms with E-state index in [1.165, 1.54) is 0 Å². The monoisotopic (exact) mass is 558 g/mol. The number of hydrogen-bond donors (Lipinski definition) is 0. The zero-order valence-electron chi connectivity index (χ0n) is 21.9. The van der Waals surface area contributed by atoms with Crippen LogP contribution in [0.15, 0.2) is 66.9 Å². The number of ether oxygens (including phenoxy) is 1. The Hall–Kier alpha value is -3.88. The van der Waals surface area contributed by atoms with Gasteiger partial charge in [0, 0.05) is 23.7 Å². The Labute approximate surface area is 228 Å². The summed E-state index contributed by atoms with van der Waals surface area (Å²) in [5.74, 6) is -3.23. The fourth-order valence-corrected chi connectivity index (χ4v) is 4.42. The van der Waals surface area contributed by atoms with Crippen LogP contribution in [0.5, 0.6) is 5.75 Å². The lowest BCUT2D eigenvalue weighted by Crippen LogP contribution is -2.20. The van der Waals surface area contributed by atoms with Crippen LogP contribution in [0.1, 0.15) is 41.6 Å². The summed E-state index contributed by atoms with van der Waals surface area (Å²) >= 11 is 0. The predicted molar refractivity (Wildman–Crippen MR) is 142 cm³/mol. The molecule has 9 heteroatoms. The van der Waals surface area contributed by atoms with E-state index in [4.69, 9.17) is 0 Å². The molecule has 40 heavy (non-hydrogen) atoms. The second-order valence-corrected chi connectivity index (χ2v) is 9.46. The quantitative estimate of drug-likeness (QED) is 0.138. The fourth-order valence-electron chi connectivity index (χ4n) is 4.42. The van der Waals surface area contributed by atoms with Crippen molar-refractivity contribution < 1.29 is 31.1 Å². The van der Waals surface area contributed by atoms with E-state index in [0.717, 1.165) is 47.4 Å². The number of alkyl halides is 3. The molecule has 210 valence electrons. The van der Waals surface area contributed by atoms with Crippen LogP contribution in [0.25, 0.3) is 10.8 Å². The van der Waals surface area contributed by atoms with E-state index in [1.807, 2.05) is 31.2 Å². The third-order valence-corrected chi connectivity index (χ3v) is 6.42. The Morgan fingerprint density at radius 2 is 1.57 bits per heavy atom. The number of halogens is 6. The van der Waals surface area contributed by atoms with Gasteiger partial charge in [-0.15, -0.1) is 0 Å². The van der Waals surface area contributed by atoms with Crippen molar-refractivity contribution in [2.45, 2.75) is 51.6 Å². The summed E-state index contributed by atoms with van der Waals surface area (Å²) in [6.07, 6.45) is 4.50. The lowest BCUT2D eigenvalue weighted by molar-refractivity contribution is -0.154. The van der Waals surface area contributed by atoms with Crippen LogP contribution in [-0.4, -0.2) is 22.8 Å². The van der Waals surface area contributed by atoms with E-state index in [-0.39, 0.29) is 18.4 Å². The van der Waals surface area contributed by atoms with Gasteiger partial charge in [-0.05, 0) is 79.3 Å². The molecule has 4 rings (SSSR count). The van der Waals surface area contributed by atoms with Crippen molar-refractivity contribution in [2.24, 2.45) is 0 Å². The van der Waals surface area contributed by atoms with E-state index >= 15 is 4.39 Å². The molecule has 1 heterocycles. The van der Waals surface area contributed by atoms with Gasteiger partial charge in [0.05, 0.1) is 0 Å². The van der Waals surface area contributed by atoms with Crippen molar-refractivity contribution in [1.29, 1.82) is 0 Å². The number of rotatable bonds is 11. The van der Waals surface area contributed by atoms with Gasteiger partial charge in [-0.3, -0.25) is 0 Å². The van der Waals surface area contributed by atoms with Gasteiger partial charge in [0.1, 0.15) is 11.6 Å². The number of allylic oxidation sites excluding steroid dienone is 2. The van der Waals surface area contributed by atoms with Crippen LogP contribution < -0.4 is 4.74 Å². The third-order valence-electron chi connectivity index (χ3n) is 6.42. The van der Waals surface area contributed by atoms with Gasteiger partial charge >= 0.3 is 6.18 Å². The molecule has 3 aromatic carbocycles. The number of benzene rings is 3. The molecule has 0 aliphatic carbocycles. The first kappa shape index (κ1) is 29.1. The van der Waals surface area contributed by atoms with Crippen LogP contribution in [0.2, 0.25) is 0 Å². The van der Waals surface area contributed by atoms with E-state index < -0.39 is 36.0 Å². The summed E-state index contributed by atoms with van der Waals surface area (Å²) < 4.78 is 84.8. The lowest BCUT2D eigenvalue weighted by Gasteiger charge is -2.12. The van der Waals surface area contributed by atoms with Crippen LogP contribution in [-0.2, 0) is 32.1 Å². The molecule has 1 aromatic heterocycles. The summed E-state index contributed by atoms with van der Waals surface area (Å²) in [5.41, 5.74) is 2.55. The molecule has 3 nitrogen and oxygen atoms in total. The predicted octanol–water partition coefficient (Wildman–Crippen LogP) is 8.07.